The number of anilines is 2. The van der Waals surface area contributed by atoms with Crippen LogP contribution < -0.4 is 15.4 Å². The van der Waals surface area contributed by atoms with Gasteiger partial charge < -0.3 is 20.5 Å². The number of hydrogen-bond donors (Lipinski definition) is 2. The van der Waals surface area contributed by atoms with Crippen LogP contribution in [0.5, 0.6) is 5.75 Å². The first-order valence-electron chi connectivity index (χ1n) is 11.5. The Hall–Kier alpha value is -3.59. The highest BCUT2D eigenvalue weighted by molar-refractivity contribution is 6.01. The summed E-state index contributed by atoms with van der Waals surface area (Å²) >= 11 is 0. The molecule has 7 nitrogen and oxygen atoms in total. The van der Waals surface area contributed by atoms with Crippen molar-refractivity contribution in [2.45, 2.75) is 45.3 Å². The number of aromatic nitrogens is 2. The molecular formula is C26H28F2N4O3. The number of ketones is 1. The maximum atomic E-state index is 15.1. The number of carbonyl (C=O) groups is 1. The number of benzene rings is 1. The number of aliphatic hydroxyl groups is 1. The second-order valence-electron chi connectivity index (χ2n) is 8.88. The first kappa shape index (κ1) is 24.5. The maximum absolute atomic E-state index is 15.1. The van der Waals surface area contributed by atoms with Gasteiger partial charge in [-0.1, -0.05) is 0 Å². The number of hydrogen-bond acceptors (Lipinski definition) is 7. The highest BCUT2D eigenvalue weighted by atomic mass is 19.1. The molecule has 3 aromatic rings. The molecule has 0 unspecified atom stereocenters. The smallest absolute Gasteiger partial charge is 0.187 e. The number of carbonyl (C=O) groups excluding carboxylic acids is 1. The number of pyridine rings is 2. The zero-order valence-electron chi connectivity index (χ0n) is 19.7. The third kappa shape index (κ3) is 5.40. The second kappa shape index (κ2) is 10.4. The molecule has 1 fully saturated rings. The minimum absolute atomic E-state index is 0.0577. The number of halogens is 2. The first-order valence-corrected chi connectivity index (χ1v) is 11.5. The van der Waals surface area contributed by atoms with E-state index in [1.807, 2.05) is 4.90 Å². The van der Waals surface area contributed by atoms with Gasteiger partial charge in [-0.3, -0.25) is 9.78 Å². The largest absolute Gasteiger partial charge is 0.488 e. The van der Waals surface area contributed by atoms with Crippen molar-refractivity contribution >= 4 is 17.2 Å². The van der Waals surface area contributed by atoms with Crippen molar-refractivity contribution < 1.29 is 23.4 Å². The van der Waals surface area contributed by atoms with Gasteiger partial charge in [-0.25, -0.2) is 13.8 Å². The van der Waals surface area contributed by atoms with Crippen LogP contribution in [0.3, 0.4) is 0 Å². The fourth-order valence-electron chi connectivity index (χ4n) is 4.24. The Morgan fingerprint density at radius 2 is 2.06 bits per heavy atom. The van der Waals surface area contributed by atoms with Gasteiger partial charge in [0.2, 0.25) is 0 Å². The third-order valence-corrected chi connectivity index (χ3v) is 5.83. The lowest BCUT2D eigenvalue weighted by atomic mass is 10.0. The summed E-state index contributed by atoms with van der Waals surface area (Å²) < 4.78 is 35.2. The van der Waals surface area contributed by atoms with E-state index in [0.717, 1.165) is 31.1 Å². The number of nitrogen functional groups attached to an aromatic ring is 1. The van der Waals surface area contributed by atoms with Gasteiger partial charge in [0.15, 0.2) is 17.3 Å². The zero-order chi connectivity index (χ0) is 25.1. The van der Waals surface area contributed by atoms with Crippen LogP contribution in [0.25, 0.3) is 11.3 Å². The molecule has 184 valence electrons. The van der Waals surface area contributed by atoms with E-state index in [-0.39, 0.29) is 40.9 Å². The average molecular weight is 483 g/mol. The predicted octanol–water partition coefficient (Wildman–Crippen LogP) is 4.18. The van der Waals surface area contributed by atoms with E-state index in [2.05, 4.69) is 9.97 Å². The van der Waals surface area contributed by atoms with E-state index in [0.29, 0.717) is 12.1 Å². The van der Waals surface area contributed by atoms with E-state index >= 15 is 4.39 Å². The van der Waals surface area contributed by atoms with Crippen molar-refractivity contribution in [3.8, 4) is 17.0 Å². The molecule has 3 heterocycles. The lowest BCUT2D eigenvalue weighted by Gasteiger charge is -2.33. The minimum atomic E-state index is -0.896. The second-order valence-corrected chi connectivity index (χ2v) is 8.88. The van der Waals surface area contributed by atoms with Gasteiger partial charge >= 0.3 is 0 Å². The standard InChI is InChI=1S/C26H28F2N4O3/c1-15(2)35-23-8-5-18(27)24(25(23)28)20-7-6-19(29)26(31-20)22(34)12-16-13-30-10-9-21(16)32-11-3-4-17(33)14-32/h5-10,13,15,17,33H,3-4,11-12,14,29H2,1-2H3/t17-/m0/s1. The molecule has 0 aliphatic carbocycles. The van der Waals surface area contributed by atoms with Gasteiger partial charge in [0.25, 0.3) is 0 Å². The van der Waals surface area contributed by atoms with Crippen LogP contribution in [0, 0.1) is 11.6 Å². The molecule has 1 aliphatic rings. The number of piperidine rings is 1. The Bertz CT molecular complexity index is 1240. The molecule has 0 spiro atoms. The van der Waals surface area contributed by atoms with E-state index in [9.17, 15) is 14.3 Å². The fraction of sp³-hybridized carbons (Fsp3) is 0.346. The predicted molar refractivity (Wildman–Crippen MR) is 129 cm³/mol. The fourth-order valence-corrected chi connectivity index (χ4v) is 4.24. The van der Waals surface area contributed by atoms with E-state index in [1.165, 1.54) is 18.2 Å². The highest BCUT2D eigenvalue weighted by Crippen LogP contribution is 2.33. The number of ether oxygens (including phenoxy) is 1. The number of rotatable bonds is 7. The SMILES string of the molecule is CC(C)Oc1ccc(F)c(-c2ccc(N)c(C(=O)Cc3cnccc3N3CCC[C@H](O)C3)n2)c1F. The summed E-state index contributed by atoms with van der Waals surface area (Å²) in [5.74, 6) is -2.24. The lowest BCUT2D eigenvalue weighted by molar-refractivity contribution is 0.0989. The molecule has 1 aromatic carbocycles. The lowest BCUT2D eigenvalue weighted by Crippen LogP contribution is -2.38. The highest BCUT2D eigenvalue weighted by Gasteiger charge is 2.24. The number of β-amino-alcohol motifs (C(OH)–C–C–N with tert-alkyl or cyclic N) is 1. The Morgan fingerprint density at radius 1 is 1.26 bits per heavy atom. The summed E-state index contributed by atoms with van der Waals surface area (Å²) in [6.07, 6.45) is 4.00. The molecule has 1 saturated heterocycles. The summed E-state index contributed by atoms with van der Waals surface area (Å²) in [7, 11) is 0. The van der Waals surface area contributed by atoms with Gasteiger partial charge in [0, 0.05) is 43.2 Å². The molecule has 1 aliphatic heterocycles. The molecule has 2 aromatic heterocycles. The van der Waals surface area contributed by atoms with Crippen molar-refractivity contribution in [2.24, 2.45) is 0 Å². The Balaban J connectivity index is 1.66. The summed E-state index contributed by atoms with van der Waals surface area (Å²) in [4.78, 5) is 23.7. The quantitative estimate of drug-likeness (QED) is 0.487. The minimum Gasteiger partial charge on any atom is -0.488 e. The van der Waals surface area contributed by atoms with Gasteiger partial charge in [-0.05, 0) is 57.0 Å². The summed E-state index contributed by atoms with van der Waals surface area (Å²) in [5.41, 5.74) is 7.08. The molecule has 9 heteroatoms. The third-order valence-electron chi connectivity index (χ3n) is 5.83. The van der Waals surface area contributed by atoms with Crippen LogP contribution in [-0.4, -0.2) is 46.2 Å². The Labute approximate surface area is 202 Å². The van der Waals surface area contributed by atoms with Crippen LogP contribution in [0.4, 0.5) is 20.2 Å². The molecule has 3 N–H and O–H groups in total. The van der Waals surface area contributed by atoms with E-state index < -0.39 is 23.5 Å². The molecule has 0 radical (unpaired) electrons. The Kier molecular flexibility index (Phi) is 7.25. The summed E-state index contributed by atoms with van der Waals surface area (Å²) in [6, 6.07) is 6.91. The average Bonchev–Trinajstić information content (AvgIpc) is 2.82. The molecule has 4 rings (SSSR count). The van der Waals surface area contributed by atoms with Crippen LogP contribution in [0.15, 0.2) is 42.7 Å². The summed E-state index contributed by atoms with van der Waals surface area (Å²) in [5, 5.41) is 10.1. The first-order chi connectivity index (χ1) is 16.7. The van der Waals surface area contributed by atoms with Crippen LogP contribution in [0.1, 0.15) is 42.7 Å². The molecule has 35 heavy (non-hydrogen) atoms. The van der Waals surface area contributed by atoms with Gasteiger partial charge in [0.05, 0.1) is 29.2 Å². The monoisotopic (exact) mass is 482 g/mol. The number of nitrogens with zero attached hydrogens (tertiary/aromatic N) is 3. The van der Waals surface area contributed by atoms with Crippen molar-refractivity contribution in [3.05, 3.63) is 65.6 Å². The molecule has 0 amide bonds. The molecule has 0 bridgehead atoms. The van der Waals surface area contributed by atoms with Crippen LogP contribution in [-0.2, 0) is 6.42 Å². The van der Waals surface area contributed by atoms with Gasteiger partial charge in [0.1, 0.15) is 11.5 Å². The van der Waals surface area contributed by atoms with Crippen molar-refractivity contribution in [1.82, 2.24) is 9.97 Å². The number of aliphatic hydroxyl groups excluding tert-OH is 1. The Morgan fingerprint density at radius 3 is 2.80 bits per heavy atom. The topological polar surface area (TPSA) is 102 Å². The molecular weight excluding hydrogens is 454 g/mol. The van der Waals surface area contributed by atoms with E-state index in [1.54, 1.807) is 32.3 Å². The van der Waals surface area contributed by atoms with Gasteiger partial charge in [-0.2, -0.15) is 0 Å². The van der Waals surface area contributed by atoms with Crippen LogP contribution in [0.2, 0.25) is 0 Å². The molecule has 0 saturated carbocycles. The number of nitrogens with two attached hydrogens (primary N) is 1. The summed E-state index contributed by atoms with van der Waals surface area (Å²) in [6.45, 7) is 4.69. The van der Waals surface area contributed by atoms with Gasteiger partial charge in [-0.15, -0.1) is 0 Å². The van der Waals surface area contributed by atoms with Crippen molar-refractivity contribution in [2.75, 3.05) is 23.7 Å². The normalized spacial score (nSPS) is 15.9. The maximum Gasteiger partial charge on any atom is 0.187 e. The zero-order valence-corrected chi connectivity index (χ0v) is 19.7. The van der Waals surface area contributed by atoms with E-state index in [4.69, 9.17) is 10.5 Å². The van der Waals surface area contributed by atoms with Crippen LogP contribution >= 0.6 is 0 Å². The molecule has 1 atom stereocenters. The van der Waals surface area contributed by atoms with Crippen molar-refractivity contribution in [1.29, 1.82) is 0 Å². The van der Waals surface area contributed by atoms with Crippen molar-refractivity contribution in [3.63, 3.8) is 0 Å². The number of Topliss-reactive ketones (excluding diaryl/α,β-unsaturated/α-hetero) is 1.